The van der Waals surface area contributed by atoms with Crippen LogP contribution >= 0.6 is 11.3 Å². The standard InChI is InChI=1S/C13H21NS/c1-11-5-2-3-7-13(11)14-9-8-12-6-4-10-15-12/h4,6,10-11,13-14H,2-3,5,7-9H2,1H3/t11-,13+/m1/s1. The normalized spacial score (nSPS) is 26.7. The van der Waals surface area contributed by atoms with E-state index in [2.05, 4.69) is 29.8 Å². The van der Waals surface area contributed by atoms with Gasteiger partial charge in [0.2, 0.25) is 0 Å². The highest BCUT2D eigenvalue weighted by molar-refractivity contribution is 7.09. The SMILES string of the molecule is C[C@@H]1CCCC[C@@H]1NCCc1cccs1. The molecule has 1 heterocycles. The third-order valence-electron chi connectivity index (χ3n) is 3.47. The van der Waals surface area contributed by atoms with E-state index in [-0.39, 0.29) is 0 Å². The molecule has 0 bridgehead atoms. The van der Waals surface area contributed by atoms with Gasteiger partial charge in [0.1, 0.15) is 0 Å². The van der Waals surface area contributed by atoms with Crippen LogP contribution in [0.25, 0.3) is 0 Å². The number of thiophene rings is 1. The highest BCUT2D eigenvalue weighted by Crippen LogP contribution is 2.23. The Kier molecular flexibility index (Phi) is 4.21. The summed E-state index contributed by atoms with van der Waals surface area (Å²) in [5.41, 5.74) is 0. The monoisotopic (exact) mass is 223 g/mol. The molecule has 1 N–H and O–H groups in total. The second-order valence-corrected chi connectivity index (χ2v) is 5.68. The van der Waals surface area contributed by atoms with Gasteiger partial charge < -0.3 is 5.32 Å². The van der Waals surface area contributed by atoms with E-state index in [1.54, 1.807) is 0 Å². The van der Waals surface area contributed by atoms with Crippen molar-refractivity contribution in [3.8, 4) is 0 Å². The Labute approximate surface area is 96.9 Å². The van der Waals surface area contributed by atoms with E-state index in [9.17, 15) is 0 Å². The molecule has 0 saturated heterocycles. The van der Waals surface area contributed by atoms with Crippen LogP contribution in [0.1, 0.15) is 37.5 Å². The van der Waals surface area contributed by atoms with Gasteiger partial charge in [0.25, 0.3) is 0 Å². The van der Waals surface area contributed by atoms with Crippen LogP contribution in [-0.4, -0.2) is 12.6 Å². The molecule has 0 unspecified atom stereocenters. The lowest BCUT2D eigenvalue weighted by Gasteiger charge is -2.29. The molecule has 1 aliphatic rings. The van der Waals surface area contributed by atoms with E-state index >= 15 is 0 Å². The average molecular weight is 223 g/mol. The summed E-state index contributed by atoms with van der Waals surface area (Å²) in [6.45, 7) is 3.54. The molecule has 0 spiro atoms. The van der Waals surface area contributed by atoms with Crippen molar-refractivity contribution in [2.45, 2.75) is 45.1 Å². The zero-order chi connectivity index (χ0) is 10.5. The van der Waals surface area contributed by atoms with E-state index in [4.69, 9.17) is 0 Å². The summed E-state index contributed by atoms with van der Waals surface area (Å²) >= 11 is 1.87. The van der Waals surface area contributed by atoms with Crippen LogP contribution in [0.2, 0.25) is 0 Å². The largest absolute Gasteiger partial charge is 0.313 e. The third-order valence-corrected chi connectivity index (χ3v) is 4.41. The molecular weight excluding hydrogens is 202 g/mol. The van der Waals surface area contributed by atoms with Crippen LogP contribution in [-0.2, 0) is 6.42 Å². The average Bonchev–Trinajstić information content (AvgIpc) is 2.74. The van der Waals surface area contributed by atoms with Crippen molar-refractivity contribution in [2.75, 3.05) is 6.54 Å². The summed E-state index contributed by atoms with van der Waals surface area (Å²) in [5.74, 6) is 0.877. The molecule has 1 fully saturated rings. The molecule has 84 valence electrons. The first-order valence-corrected chi connectivity index (χ1v) is 7.00. The lowest BCUT2D eigenvalue weighted by molar-refractivity contribution is 0.282. The van der Waals surface area contributed by atoms with Crippen LogP contribution in [0, 0.1) is 5.92 Å². The fraction of sp³-hybridized carbons (Fsp3) is 0.692. The molecule has 1 aromatic rings. The van der Waals surface area contributed by atoms with Crippen molar-refractivity contribution in [3.05, 3.63) is 22.4 Å². The number of hydrogen-bond acceptors (Lipinski definition) is 2. The molecule has 1 saturated carbocycles. The van der Waals surface area contributed by atoms with Gasteiger partial charge >= 0.3 is 0 Å². The second kappa shape index (κ2) is 5.66. The van der Waals surface area contributed by atoms with E-state index in [0.717, 1.165) is 18.5 Å². The van der Waals surface area contributed by atoms with E-state index in [0.29, 0.717) is 0 Å². The predicted octanol–water partition coefficient (Wildman–Crippen LogP) is 3.46. The summed E-state index contributed by atoms with van der Waals surface area (Å²) in [4.78, 5) is 1.51. The maximum atomic E-state index is 3.72. The Bertz CT molecular complexity index is 268. The minimum absolute atomic E-state index is 0.777. The lowest BCUT2D eigenvalue weighted by Crippen LogP contribution is -2.38. The smallest absolute Gasteiger partial charge is 0.00928 e. The van der Waals surface area contributed by atoms with Gasteiger partial charge in [-0.2, -0.15) is 0 Å². The molecule has 2 atom stereocenters. The molecule has 1 nitrogen and oxygen atoms in total. The summed E-state index contributed by atoms with van der Waals surface area (Å²) in [7, 11) is 0. The number of rotatable bonds is 4. The molecule has 1 aromatic heterocycles. The Hall–Kier alpha value is -0.340. The third kappa shape index (κ3) is 3.32. The predicted molar refractivity (Wildman–Crippen MR) is 67.4 cm³/mol. The maximum absolute atomic E-state index is 3.72. The van der Waals surface area contributed by atoms with Crippen molar-refractivity contribution in [1.29, 1.82) is 0 Å². The van der Waals surface area contributed by atoms with Gasteiger partial charge in [-0.25, -0.2) is 0 Å². The Balaban J connectivity index is 1.68. The Morgan fingerprint density at radius 3 is 3.00 bits per heavy atom. The van der Waals surface area contributed by atoms with Gasteiger partial charge in [-0.3, -0.25) is 0 Å². The summed E-state index contributed by atoms with van der Waals surface area (Å²) in [6, 6.07) is 5.15. The topological polar surface area (TPSA) is 12.0 Å². The molecule has 0 radical (unpaired) electrons. The molecular formula is C13H21NS. The second-order valence-electron chi connectivity index (χ2n) is 4.65. The fourth-order valence-corrected chi connectivity index (χ4v) is 3.16. The van der Waals surface area contributed by atoms with Gasteiger partial charge in [0, 0.05) is 17.5 Å². The first-order valence-electron chi connectivity index (χ1n) is 6.12. The van der Waals surface area contributed by atoms with Crippen LogP contribution < -0.4 is 5.32 Å². The minimum Gasteiger partial charge on any atom is -0.313 e. The number of nitrogens with one attached hydrogen (secondary N) is 1. The molecule has 0 amide bonds. The van der Waals surface area contributed by atoms with Crippen molar-refractivity contribution in [2.24, 2.45) is 5.92 Å². The zero-order valence-electron chi connectivity index (χ0n) is 9.54. The van der Waals surface area contributed by atoms with E-state index in [1.807, 2.05) is 11.3 Å². The van der Waals surface area contributed by atoms with Gasteiger partial charge in [-0.15, -0.1) is 11.3 Å². The van der Waals surface area contributed by atoms with Crippen LogP contribution in [0.4, 0.5) is 0 Å². The van der Waals surface area contributed by atoms with E-state index in [1.165, 1.54) is 37.0 Å². The zero-order valence-corrected chi connectivity index (χ0v) is 10.4. The summed E-state index contributed by atoms with van der Waals surface area (Å²) < 4.78 is 0. The quantitative estimate of drug-likeness (QED) is 0.824. The van der Waals surface area contributed by atoms with Crippen molar-refractivity contribution < 1.29 is 0 Å². The molecule has 2 heteroatoms. The van der Waals surface area contributed by atoms with Gasteiger partial charge in [-0.1, -0.05) is 25.8 Å². The summed E-state index contributed by atoms with van der Waals surface area (Å²) in [5, 5.41) is 5.88. The van der Waals surface area contributed by atoms with Gasteiger partial charge in [0.05, 0.1) is 0 Å². The molecule has 2 rings (SSSR count). The van der Waals surface area contributed by atoms with Crippen LogP contribution in [0.15, 0.2) is 17.5 Å². The van der Waals surface area contributed by atoms with Gasteiger partial charge in [0.15, 0.2) is 0 Å². The molecule has 15 heavy (non-hydrogen) atoms. The van der Waals surface area contributed by atoms with Crippen LogP contribution in [0.3, 0.4) is 0 Å². The van der Waals surface area contributed by atoms with E-state index < -0.39 is 0 Å². The molecule has 1 aliphatic carbocycles. The molecule has 0 aromatic carbocycles. The molecule has 0 aliphatic heterocycles. The minimum atomic E-state index is 0.777. The Morgan fingerprint density at radius 2 is 2.27 bits per heavy atom. The first kappa shape index (κ1) is 11.2. The first-order chi connectivity index (χ1) is 7.36. The summed E-state index contributed by atoms with van der Waals surface area (Å²) in [6.07, 6.45) is 6.84. The van der Waals surface area contributed by atoms with Crippen molar-refractivity contribution in [3.63, 3.8) is 0 Å². The van der Waals surface area contributed by atoms with Crippen LogP contribution in [0.5, 0.6) is 0 Å². The maximum Gasteiger partial charge on any atom is 0.00928 e. The lowest BCUT2D eigenvalue weighted by atomic mass is 9.86. The highest BCUT2D eigenvalue weighted by atomic mass is 32.1. The van der Waals surface area contributed by atoms with Gasteiger partial charge in [-0.05, 0) is 36.6 Å². The number of hydrogen-bond donors (Lipinski definition) is 1. The fourth-order valence-electron chi connectivity index (χ4n) is 2.46. The van der Waals surface area contributed by atoms with Crippen molar-refractivity contribution in [1.82, 2.24) is 5.32 Å². The highest BCUT2D eigenvalue weighted by Gasteiger charge is 2.19. The van der Waals surface area contributed by atoms with Crippen molar-refractivity contribution >= 4 is 11.3 Å². The Morgan fingerprint density at radius 1 is 1.40 bits per heavy atom.